The number of carbonyl (C=O) groups excluding carboxylic acids is 1. The van der Waals surface area contributed by atoms with E-state index in [1.54, 1.807) is 43.8 Å². The lowest BCUT2D eigenvalue weighted by Crippen LogP contribution is -2.31. The minimum absolute atomic E-state index is 0.290. The van der Waals surface area contributed by atoms with Crippen LogP contribution >= 0.6 is 23.3 Å². The van der Waals surface area contributed by atoms with Crippen molar-refractivity contribution in [1.29, 1.82) is 0 Å². The van der Waals surface area contributed by atoms with E-state index in [1.165, 1.54) is 24.2 Å². The van der Waals surface area contributed by atoms with Crippen molar-refractivity contribution in [3.05, 3.63) is 47.6 Å². The fourth-order valence-corrected chi connectivity index (χ4v) is 4.38. The van der Waals surface area contributed by atoms with Crippen LogP contribution in [-0.4, -0.2) is 51.4 Å². The number of hydrogen-bond acceptors (Lipinski definition) is 10. The molecule has 168 valence electrons. The Bertz CT molecular complexity index is 1060. The first kappa shape index (κ1) is 22.4. The van der Waals surface area contributed by atoms with Gasteiger partial charge in [-0.15, -0.1) is 11.3 Å². The number of amides is 1. The number of thiazole rings is 1. The van der Waals surface area contributed by atoms with Gasteiger partial charge in [0.05, 0.1) is 42.2 Å². The standard InChI is InChI=1S/C21H24N6O3S2/c1-3-30-19-11-22-9-16(25-19)18-10-24-21(31-18)20(28)26-17(12-29-2)15-8-13(6-7-23-15)27-32-14-4-5-14/h6-11,14,17H,3-5,12H2,1-2H3,(H,23,27)(H,26,28)/t17-/m0/s1. The summed E-state index contributed by atoms with van der Waals surface area (Å²) in [5, 5.41) is 3.98. The summed E-state index contributed by atoms with van der Waals surface area (Å²) >= 11 is 2.96. The number of methoxy groups -OCH3 is 1. The van der Waals surface area contributed by atoms with Gasteiger partial charge in [-0.3, -0.25) is 14.8 Å². The van der Waals surface area contributed by atoms with Gasteiger partial charge in [-0.05, 0) is 43.8 Å². The van der Waals surface area contributed by atoms with E-state index in [-0.39, 0.29) is 12.5 Å². The van der Waals surface area contributed by atoms with Gasteiger partial charge >= 0.3 is 0 Å². The van der Waals surface area contributed by atoms with E-state index in [4.69, 9.17) is 9.47 Å². The smallest absolute Gasteiger partial charge is 0.280 e. The Labute approximate surface area is 194 Å². The van der Waals surface area contributed by atoms with E-state index < -0.39 is 6.04 Å². The number of rotatable bonds is 11. The summed E-state index contributed by atoms with van der Waals surface area (Å²) in [4.78, 5) is 30.9. The van der Waals surface area contributed by atoms with Gasteiger partial charge in [0.2, 0.25) is 5.88 Å². The third-order valence-electron chi connectivity index (χ3n) is 4.50. The van der Waals surface area contributed by atoms with Crippen molar-refractivity contribution in [3.63, 3.8) is 0 Å². The highest BCUT2D eigenvalue weighted by Crippen LogP contribution is 2.34. The van der Waals surface area contributed by atoms with Crippen LogP contribution in [0.2, 0.25) is 0 Å². The molecule has 0 radical (unpaired) electrons. The Morgan fingerprint density at radius 3 is 2.97 bits per heavy atom. The third kappa shape index (κ3) is 5.93. The highest BCUT2D eigenvalue weighted by atomic mass is 32.2. The summed E-state index contributed by atoms with van der Waals surface area (Å²) in [7, 11) is 1.59. The van der Waals surface area contributed by atoms with Crippen molar-refractivity contribution in [2.75, 3.05) is 25.0 Å². The monoisotopic (exact) mass is 472 g/mol. The maximum atomic E-state index is 12.9. The SMILES string of the molecule is CCOc1cncc(-c2cnc(C(=O)N[C@@H](COC)c3cc(NSC4CC4)ccn3)s2)n1. The molecule has 0 aromatic carbocycles. The first-order valence-electron chi connectivity index (χ1n) is 10.2. The highest BCUT2D eigenvalue weighted by molar-refractivity contribution is 8.01. The molecule has 2 N–H and O–H groups in total. The molecule has 1 aliphatic rings. The topological polar surface area (TPSA) is 111 Å². The molecule has 4 rings (SSSR count). The molecule has 1 aliphatic carbocycles. The summed E-state index contributed by atoms with van der Waals surface area (Å²) in [5.74, 6) is 0.133. The largest absolute Gasteiger partial charge is 0.477 e. The van der Waals surface area contributed by atoms with Crippen LogP contribution in [-0.2, 0) is 4.74 Å². The van der Waals surface area contributed by atoms with E-state index in [2.05, 4.69) is 30.0 Å². The molecule has 1 saturated carbocycles. The average Bonchev–Trinajstić information content (AvgIpc) is 3.51. The lowest BCUT2D eigenvalue weighted by Gasteiger charge is -2.17. The molecule has 3 aromatic rings. The second-order valence-corrected chi connectivity index (χ2v) is 9.21. The van der Waals surface area contributed by atoms with E-state index in [1.807, 2.05) is 19.1 Å². The molecule has 1 amide bonds. The number of ether oxygens (including phenoxy) is 2. The van der Waals surface area contributed by atoms with Gasteiger partial charge in [-0.1, -0.05) is 0 Å². The number of nitrogens with zero attached hydrogens (tertiary/aromatic N) is 4. The Hall–Kier alpha value is -2.76. The van der Waals surface area contributed by atoms with Crippen molar-refractivity contribution in [2.45, 2.75) is 31.1 Å². The molecule has 1 fully saturated rings. The van der Waals surface area contributed by atoms with Gasteiger partial charge in [-0.25, -0.2) is 9.97 Å². The number of anilines is 1. The van der Waals surface area contributed by atoms with Crippen molar-refractivity contribution in [1.82, 2.24) is 25.3 Å². The van der Waals surface area contributed by atoms with Gasteiger partial charge in [0.15, 0.2) is 5.01 Å². The fourth-order valence-electron chi connectivity index (χ4n) is 2.81. The average molecular weight is 473 g/mol. The van der Waals surface area contributed by atoms with E-state index in [9.17, 15) is 4.79 Å². The molecule has 0 aliphatic heterocycles. The molecule has 9 nitrogen and oxygen atoms in total. The highest BCUT2D eigenvalue weighted by Gasteiger charge is 2.23. The molecular formula is C21H24N6O3S2. The van der Waals surface area contributed by atoms with E-state index in [0.29, 0.717) is 34.1 Å². The molecular weight excluding hydrogens is 448 g/mol. The lowest BCUT2D eigenvalue weighted by atomic mass is 10.2. The van der Waals surface area contributed by atoms with Crippen LogP contribution in [0, 0.1) is 0 Å². The quantitative estimate of drug-likeness (QED) is 0.403. The molecule has 11 heteroatoms. The summed E-state index contributed by atoms with van der Waals surface area (Å²) in [6.07, 6.45) is 9.00. The molecule has 0 saturated heterocycles. The van der Waals surface area contributed by atoms with Crippen LogP contribution in [0.3, 0.4) is 0 Å². The van der Waals surface area contributed by atoms with Crippen LogP contribution in [0.25, 0.3) is 10.6 Å². The van der Waals surface area contributed by atoms with Crippen molar-refractivity contribution in [2.24, 2.45) is 0 Å². The number of aromatic nitrogens is 4. The molecule has 0 bridgehead atoms. The number of nitrogens with one attached hydrogen (secondary N) is 2. The molecule has 1 atom stereocenters. The maximum Gasteiger partial charge on any atom is 0.280 e. The Kier molecular flexibility index (Phi) is 7.51. The minimum Gasteiger partial charge on any atom is -0.477 e. The van der Waals surface area contributed by atoms with Gasteiger partial charge in [-0.2, -0.15) is 0 Å². The van der Waals surface area contributed by atoms with Gasteiger partial charge in [0.1, 0.15) is 5.69 Å². The van der Waals surface area contributed by atoms with Crippen LogP contribution in [0.15, 0.2) is 36.9 Å². The normalized spacial score (nSPS) is 14.1. The first-order chi connectivity index (χ1) is 15.7. The third-order valence-corrected chi connectivity index (χ3v) is 6.68. The fraction of sp³-hybridized carbons (Fsp3) is 0.381. The predicted octanol–water partition coefficient (Wildman–Crippen LogP) is 3.73. The summed E-state index contributed by atoms with van der Waals surface area (Å²) in [6.45, 7) is 2.67. The zero-order valence-electron chi connectivity index (χ0n) is 17.8. The number of carbonyl (C=O) groups is 1. The van der Waals surface area contributed by atoms with Crippen LogP contribution in [0.5, 0.6) is 5.88 Å². The summed E-state index contributed by atoms with van der Waals surface area (Å²) < 4.78 is 14.1. The lowest BCUT2D eigenvalue weighted by molar-refractivity contribution is 0.0894. The second kappa shape index (κ2) is 10.7. The van der Waals surface area contributed by atoms with Crippen LogP contribution in [0.4, 0.5) is 5.69 Å². The van der Waals surface area contributed by atoms with Gasteiger partial charge in [0.25, 0.3) is 5.91 Å². The van der Waals surface area contributed by atoms with Crippen molar-refractivity contribution in [3.8, 4) is 16.5 Å². The number of pyridine rings is 1. The zero-order valence-corrected chi connectivity index (χ0v) is 19.4. The number of hydrogen-bond donors (Lipinski definition) is 2. The van der Waals surface area contributed by atoms with Crippen LogP contribution < -0.4 is 14.8 Å². The molecule has 0 unspecified atom stereocenters. The molecule has 32 heavy (non-hydrogen) atoms. The van der Waals surface area contributed by atoms with E-state index in [0.717, 1.165) is 10.6 Å². The minimum atomic E-state index is -0.409. The Balaban J connectivity index is 1.45. The second-order valence-electron chi connectivity index (χ2n) is 7.08. The van der Waals surface area contributed by atoms with Gasteiger partial charge < -0.3 is 19.5 Å². The molecule has 3 heterocycles. The predicted molar refractivity (Wildman–Crippen MR) is 125 cm³/mol. The van der Waals surface area contributed by atoms with E-state index >= 15 is 0 Å². The Morgan fingerprint density at radius 2 is 2.19 bits per heavy atom. The molecule has 3 aromatic heterocycles. The summed E-state index contributed by atoms with van der Waals surface area (Å²) in [6, 6.07) is 3.44. The van der Waals surface area contributed by atoms with Crippen molar-refractivity contribution >= 4 is 34.9 Å². The molecule has 0 spiro atoms. The first-order valence-corrected chi connectivity index (χ1v) is 11.9. The Morgan fingerprint density at radius 1 is 1.31 bits per heavy atom. The van der Waals surface area contributed by atoms with Crippen molar-refractivity contribution < 1.29 is 14.3 Å². The zero-order chi connectivity index (χ0) is 22.3. The maximum absolute atomic E-state index is 12.9. The summed E-state index contributed by atoms with van der Waals surface area (Å²) in [5.41, 5.74) is 2.27. The van der Waals surface area contributed by atoms with Gasteiger partial charge in [0, 0.05) is 30.4 Å². The van der Waals surface area contributed by atoms with Crippen LogP contribution in [0.1, 0.15) is 41.3 Å².